The van der Waals surface area contributed by atoms with Crippen LogP contribution < -0.4 is 10.4 Å². The van der Waals surface area contributed by atoms with E-state index >= 15 is 0 Å². The molecule has 6 heteroatoms. The normalized spacial score (nSPS) is 10.6. The SMILES string of the molecule is CCc1cc2c(-c3ccc([Si](C)(C)C)cc3)ccc(C)c2[cH-]1.Cc1cc2c(-c3ccc([Si](C)(C)C)cc3)ccc(C)c2[cH-]1.Cl.Cl.[CH3-].[CH3-].[Si]=[Zr]. The fourth-order valence-electron chi connectivity index (χ4n) is 6.10. The Morgan fingerprint density at radius 3 is 1.29 bits per heavy atom. The molecule has 6 rings (SSSR count). The molecule has 262 valence electrons. The topological polar surface area (TPSA) is 0 Å². The fraction of sp³-hybridized carbons (Fsp3) is 0.256. The molecule has 0 aliphatic rings. The van der Waals surface area contributed by atoms with Crippen molar-refractivity contribution < 1.29 is 23.3 Å². The monoisotopic (exact) mass is 816 g/mol. The second kappa shape index (κ2) is 19.7. The zero-order chi connectivity index (χ0) is 33.1. The van der Waals surface area contributed by atoms with E-state index in [9.17, 15) is 0 Å². The second-order valence-corrected chi connectivity index (χ2v) is 24.6. The van der Waals surface area contributed by atoms with Gasteiger partial charge < -0.3 is 14.9 Å². The van der Waals surface area contributed by atoms with E-state index in [2.05, 4.69) is 171 Å². The first-order chi connectivity index (χ1) is 21.3. The molecule has 6 aromatic rings. The number of rotatable bonds is 5. The molecule has 0 unspecified atom stereocenters. The van der Waals surface area contributed by atoms with Gasteiger partial charge in [0.25, 0.3) is 0 Å². The molecule has 49 heavy (non-hydrogen) atoms. The number of benzene rings is 4. The van der Waals surface area contributed by atoms with E-state index in [0.29, 0.717) is 0 Å². The standard InChI is InChI=1S/C21H25Si.C20H23Si.2CH3.2ClH.Si.Zr/c1-6-16-13-20-15(2)7-12-19(21(20)14-16)17-8-10-18(11-9-17)22(3,4)5;1-14-12-19-15(2)6-11-18(20(19)13-14)16-7-9-17(10-8-16)21(3,4)5;;;;;;/h7-14H,6H2,1-5H3;6-13H,1-5H3;2*1H3;2*1H;;/q4*-1;;;;. The summed E-state index contributed by atoms with van der Waals surface area (Å²) in [5.74, 6) is 0. The summed E-state index contributed by atoms with van der Waals surface area (Å²) in [6, 6.07) is 36.9. The number of fused-ring (bicyclic) bond motifs is 2. The molecular weight excluding hydrogens is 763 g/mol. The van der Waals surface area contributed by atoms with Crippen LogP contribution in [0, 0.1) is 35.6 Å². The summed E-state index contributed by atoms with van der Waals surface area (Å²) in [6.07, 6.45) is 1.10. The minimum atomic E-state index is -1.22. The quantitative estimate of drug-likeness (QED) is 0.120. The molecule has 0 saturated carbocycles. The van der Waals surface area contributed by atoms with Crippen molar-refractivity contribution in [1.82, 2.24) is 0 Å². The van der Waals surface area contributed by atoms with Gasteiger partial charge in [-0.15, -0.1) is 92.9 Å². The third kappa shape index (κ3) is 11.1. The van der Waals surface area contributed by atoms with E-state index in [1.165, 1.54) is 99.8 Å². The van der Waals surface area contributed by atoms with Crippen molar-refractivity contribution in [3.05, 3.63) is 134 Å². The maximum atomic E-state index is 3.06. The molecule has 0 bridgehead atoms. The number of halogens is 2. The molecule has 0 nitrogen and oxygen atoms in total. The maximum absolute atomic E-state index is 3.06. The zero-order valence-corrected chi connectivity index (χ0v) is 38.9. The van der Waals surface area contributed by atoms with Gasteiger partial charge >= 0.3 is 30.2 Å². The van der Waals surface area contributed by atoms with Gasteiger partial charge in [0.2, 0.25) is 0 Å². The van der Waals surface area contributed by atoms with Crippen LogP contribution >= 0.6 is 24.8 Å². The van der Waals surface area contributed by atoms with E-state index in [4.69, 9.17) is 0 Å². The van der Waals surface area contributed by atoms with Gasteiger partial charge in [-0.1, -0.05) is 149 Å². The van der Waals surface area contributed by atoms with Crippen molar-refractivity contribution >= 4 is 79.8 Å². The van der Waals surface area contributed by atoms with Crippen molar-refractivity contribution in [2.24, 2.45) is 0 Å². The Bertz CT molecular complexity index is 1900. The van der Waals surface area contributed by atoms with E-state index in [1.807, 2.05) is 0 Å². The summed E-state index contributed by atoms with van der Waals surface area (Å²) in [5, 5.41) is 8.62. The van der Waals surface area contributed by atoms with Gasteiger partial charge in [0.1, 0.15) is 0 Å². The Labute approximate surface area is 330 Å². The first-order valence-electron chi connectivity index (χ1n) is 16.1. The van der Waals surface area contributed by atoms with Crippen LogP contribution in [0.5, 0.6) is 0 Å². The molecular formula is C43H56Cl2Si3Zr-4. The molecule has 0 saturated heterocycles. The Morgan fingerprint density at radius 1 is 0.551 bits per heavy atom. The molecule has 0 fully saturated rings. The van der Waals surface area contributed by atoms with Crippen molar-refractivity contribution in [1.29, 1.82) is 0 Å². The summed E-state index contributed by atoms with van der Waals surface area (Å²) in [7, 11) is -2.44. The van der Waals surface area contributed by atoms with Gasteiger partial charge in [-0.3, -0.25) is 0 Å². The predicted octanol–water partition coefficient (Wildman–Crippen LogP) is 12.4. The molecule has 0 spiro atoms. The Kier molecular flexibility index (Phi) is 19.0. The van der Waals surface area contributed by atoms with Gasteiger partial charge in [-0.25, -0.2) is 0 Å². The van der Waals surface area contributed by atoms with Gasteiger partial charge in [-0.2, -0.15) is 12.1 Å². The summed E-state index contributed by atoms with van der Waals surface area (Å²) < 4.78 is 0. The zero-order valence-electron chi connectivity index (χ0n) is 31.8. The molecule has 0 heterocycles. The number of hydrogen-bond acceptors (Lipinski definition) is 0. The Hall–Kier alpha value is -1.79. The van der Waals surface area contributed by atoms with Crippen LogP contribution in [0.3, 0.4) is 0 Å². The van der Waals surface area contributed by atoms with Crippen LogP contribution in [0.25, 0.3) is 43.8 Å². The van der Waals surface area contributed by atoms with Gasteiger partial charge in [0.05, 0.1) is 16.1 Å². The van der Waals surface area contributed by atoms with E-state index < -0.39 is 16.1 Å². The molecule has 0 aliphatic heterocycles. The summed E-state index contributed by atoms with van der Waals surface area (Å²) in [6.45, 7) is 26.3. The van der Waals surface area contributed by atoms with E-state index in [0.717, 1.165) is 6.42 Å². The molecule has 2 radical (unpaired) electrons. The molecule has 0 atom stereocenters. The molecule has 0 amide bonds. The van der Waals surface area contributed by atoms with Crippen LogP contribution in [0.15, 0.2) is 97.1 Å². The van der Waals surface area contributed by atoms with Crippen LogP contribution in [-0.4, -0.2) is 23.0 Å². The third-order valence-electron chi connectivity index (χ3n) is 8.95. The minimum absolute atomic E-state index is 0. The molecule has 6 aromatic carbocycles. The summed E-state index contributed by atoms with van der Waals surface area (Å²) >= 11 is 1.36. The van der Waals surface area contributed by atoms with E-state index in [1.54, 1.807) is 0 Å². The van der Waals surface area contributed by atoms with Crippen molar-refractivity contribution in [3.63, 3.8) is 0 Å². The van der Waals surface area contributed by atoms with Crippen LogP contribution in [0.1, 0.15) is 29.2 Å². The van der Waals surface area contributed by atoms with E-state index in [-0.39, 0.29) is 39.7 Å². The van der Waals surface area contributed by atoms with Crippen molar-refractivity contribution in [2.75, 3.05) is 0 Å². The van der Waals surface area contributed by atoms with Crippen LogP contribution in [0.4, 0.5) is 0 Å². The summed E-state index contributed by atoms with van der Waals surface area (Å²) in [5.41, 5.74) is 10.9. The number of aryl methyl sites for hydroxylation is 4. The average molecular weight is 819 g/mol. The first-order valence-corrected chi connectivity index (χ1v) is 27.3. The van der Waals surface area contributed by atoms with Crippen molar-refractivity contribution in [3.8, 4) is 22.3 Å². The van der Waals surface area contributed by atoms with Crippen LogP contribution in [-0.2, 0) is 29.8 Å². The molecule has 0 N–H and O–H groups in total. The third-order valence-corrected chi connectivity index (χ3v) is 13.1. The Balaban J connectivity index is 0.000000831. The molecule has 0 aromatic heterocycles. The summed E-state index contributed by atoms with van der Waals surface area (Å²) in [4.78, 5) is 0. The van der Waals surface area contributed by atoms with Gasteiger partial charge in [-0.05, 0) is 17.5 Å². The first kappa shape index (κ1) is 47.2. The van der Waals surface area contributed by atoms with Gasteiger partial charge in [0.15, 0.2) is 0 Å². The Morgan fingerprint density at radius 2 is 0.918 bits per heavy atom. The van der Waals surface area contributed by atoms with Crippen LogP contribution in [0.2, 0.25) is 39.3 Å². The number of hydrogen-bond donors (Lipinski definition) is 0. The van der Waals surface area contributed by atoms with Gasteiger partial charge in [0, 0.05) is 0 Å². The fourth-order valence-corrected chi connectivity index (χ4v) is 8.43. The van der Waals surface area contributed by atoms with Crippen molar-refractivity contribution in [2.45, 2.75) is 73.4 Å². The molecule has 0 aliphatic carbocycles. The predicted molar refractivity (Wildman–Crippen MR) is 233 cm³/mol. The second-order valence-electron chi connectivity index (χ2n) is 14.4. The average Bonchev–Trinajstić information content (AvgIpc) is 3.63.